The van der Waals surface area contributed by atoms with Crippen LogP contribution in [0.3, 0.4) is 0 Å². The Morgan fingerprint density at radius 3 is 2.28 bits per heavy atom. The van der Waals surface area contributed by atoms with Crippen molar-refractivity contribution < 1.29 is 36.6 Å². The van der Waals surface area contributed by atoms with E-state index in [-0.39, 0.29) is 6.42 Å². The van der Waals surface area contributed by atoms with Gasteiger partial charge in [-0.05, 0) is 12.8 Å². The molecule has 0 fully saturated rings. The molecule has 0 heterocycles. The van der Waals surface area contributed by atoms with Crippen molar-refractivity contribution in [3.63, 3.8) is 0 Å². The minimum atomic E-state index is -4.45. The van der Waals surface area contributed by atoms with Crippen LogP contribution in [0.2, 0.25) is 0 Å². The predicted octanol–water partition coefficient (Wildman–Crippen LogP) is 0.0839. The third-order valence-electron chi connectivity index (χ3n) is 1.91. The summed E-state index contributed by atoms with van der Waals surface area (Å²) in [5, 5.41) is 17.1. The average Bonchev–Trinajstić information content (AvgIpc) is 2.13. The Bertz CT molecular complexity index is 367. The second-order valence-corrected chi connectivity index (χ2v) is 5.43. The maximum absolute atomic E-state index is 11.8. The van der Waals surface area contributed by atoms with Gasteiger partial charge in [-0.25, -0.2) is 13.1 Å². The van der Waals surface area contributed by atoms with Gasteiger partial charge in [0.1, 0.15) is 6.04 Å². The topological polar surface area (TPSA) is 104 Å². The van der Waals surface area contributed by atoms with E-state index in [1.54, 1.807) is 4.72 Å². The summed E-state index contributed by atoms with van der Waals surface area (Å²) >= 11 is 0. The molecule has 0 aliphatic rings. The molecule has 0 spiro atoms. The van der Waals surface area contributed by atoms with E-state index in [1.807, 2.05) is 0 Å². The lowest BCUT2D eigenvalue weighted by atomic mass is 10.2. The molecule has 6 nitrogen and oxygen atoms in total. The average molecular weight is 293 g/mol. The molecule has 0 aromatic rings. The molecule has 0 saturated heterocycles. The normalized spacial score (nSPS) is 14.4. The number of carbonyl (C=O) groups is 1. The summed E-state index contributed by atoms with van der Waals surface area (Å²) in [6.07, 6.45) is -6.71. The molecule has 0 aliphatic carbocycles. The van der Waals surface area contributed by atoms with Crippen molar-refractivity contribution in [1.82, 2.24) is 4.72 Å². The summed E-state index contributed by atoms with van der Waals surface area (Å²) in [5.41, 5.74) is 0. The highest BCUT2D eigenvalue weighted by Gasteiger charge is 2.28. The summed E-state index contributed by atoms with van der Waals surface area (Å²) in [6.45, 7) is -0.554. The van der Waals surface area contributed by atoms with E-state index in [0.717, 1.165) is 0 Å². The van der Waals surface area contributed by atoms with Crippen molar-refractivity contribution in [3.05, 3.63) is 0 Å². The number of halogens is 3. The van der Waals surface area contributed by atoms with Gasteiger partial charge in [0.05, 0.1) is 5.75 Å². The summed E-state index contributed by atoms with van der Waals surface area (Å²) in [4.78, 5) is 10.6. The van der Waals surface area contributed by atoms with E-state index in [2.05, 4.69) is 0 Å². The van der Waals surface area contributed by atoms with Gasteiger partial charge in [-0.3, -0.25) is 4.79 Å². The van der Waals surface area contributed by atoms with Gasteiger partial charge < -0.3 is 10.2 Å². The Kier molecular flexibility index (Phi) is 6.57. The molecule has 0 bridgehead atoms. The van der Waals surface area contributed by atoms with Crippen LogP contribution in [-0.2, 0) is 14.8 Å². The molecule has 18 heavy (non-hydrogen) atoms. The molecule has 0 aliphatic heterocycles. The van der Waals surface area contributed by atoms with Gasteiger partial charge in [-0.2, -0.15) is 13.2 Å². The number of hydrogen-bond donors (Lipinski definition) is 3. The van der Waals surface area contributed by atoms with Gasteiger partial charge >= 0.3 is 12.1 Å². The van der Waals surface area contributed by atoms with Crippen LogP contribution in [0, 0.1) is 0 Å². The SMILES string of the molecule is O=C(O)[C@@H](CCO)NS(=O)(=O)CCCC(F)(F)F. The smallest absolute Gasteiger partial charge is 0.389 e. The number of alkyl halides is 3. The second kappa shape index (κ2) is 6.90. The van der Waals surface area contributed by atoms with Gasteiger partial charge in [0.2, 0.25) is 10.0 Å². The van der Waals surface area contributed by atoms with Crippen LogP contribution in [0.25, 0.3) is 0 Å². The zero-order valence-electron chi connectivity index (χ0n) is 9.27. The Labute approximate surface area is 102 Å². The van der Waals surface area contributed by atoms with Gasteiger partial charge in [0, 0.05) is 13.0 Å². The van der Waals surface area contributed by atoms with Crippen molar-refractivity contribution >= 4 is 16.0 Å². The lowest BCUT2D eigenvalue weighted by molar-refractivity contribution is -0.139. The maximum Gasteiger partial charge on any atom is 0.389 e. The Morgan fingerprint density at radius 1 is 1.33 bits per heavy atom. The molecule has 3 N–H and O–H groups in total. The molecule has 0 saturated carbocycles. The van der Waals surface area contributed by atoms with Gasteiger partial charge in [0.15, 0.2) is 0 Å². The van der Waals surface area contributed by atoms with Crippen molar-refractivity contribution in [2.45, 2.75) is 31.5 Å². The van der Waals surface area contributed by atoms with E-state index in [9.17, 15) is 26.4 Å². The molecule has 0 amide bonds. The van der Waals surface area contributed by atoms with Crippen LogP contribution in [0.4, 0.5) is 13.2 Å². The van der Waals surface area contributed by atoms with Crippen LogP contribution >= 0.6 is 0 Å². The first-order valence-corrected chi connectivity index (χ1v) is 6.63. The monoisotopic (exact) mass is 293 g/mol. The molecular weight excluding hydrogens is 279 g/mol. The minimum Gasteiger partial charge on any atom is -0.480 e. The lowest BCUT2D eigenvalue weighted by Crippen LogP contribution is -2.42. The molecule has 0 radical (unpaired) electrons. The number of aliphatic hydroxyl groups is 1. The number of nitrogens with one attached hydrogen (secondary N) is 1. The highest BCUT2D eigenvalue weighted by molar-refractivity contribution is 7.89. The first kappa shape index (κ1) is 17.1. The third kappa shape index (κ3) is 8.25. The van der Waals surface area contributed by atoms with E-state index < -0.39 is 53.4 Å². The van der Waals surface area contributed by atoms with Crippen LogP contribution in [0.5, 0.6) is 0 Å². The fourth-order valence-corrected chi connectivity index (χ4v) is 2.39. The number of carboxylic acids is 1. The van der Waals surface area contributed by atoms with Crippen molar-refractivity contribution in [2.75, 3.05) is 12.4 Å². The molecule has 0 rings (SSSR count). The Morgan fingerprint density at radius 2 is 1.89 bits per heavy atom. The zero-order valence-corrected chi connectivity index (χ0v) is 10.1. The van der Waals surface area contributed by atoms with E-state index >= 15 is 0 Å². The fourth-order valence-electron chi connectivity index (χ4n) is 1.10. The van der Waals surface area contributed by atoms with Crippen LogP contribution in [0.15, 0.2) is 0 Å². The molecule has 0 unspecified atom stereocenters. The largest absolute Gasteiger partial charge is 0.480 e. The number of rotatable bonds is 8. The highest BCUT2D eigenvalue weighted by Crippen LogP contribution is 2.21. The zero-order chi connectivity index (χ0) is 14.4. The fraction of sp³-hybridized carbons (Fsp3) is 0.875. The van der Waals surface area contributed by atoms with E-state index in [4.69, 9.17) is 10.2 Å². The number of hydrogen-bond acceptors (Lipinski definition) is 4. The van der Waals surface area contributed by atoms with Gasteiger partial charge in [0.25, 0.3) is 0 Å². The first-order chi connectivity index (χ1) is 8.07. The minimum absolute atomic E-state index is 0.353. The van der Waals surface area contributed by atoms with E-state index in [0.29, 0.717) is 0 Å². The molecule has 1 atom stereocenters. The Balaban J connectivity index is 4.33. The molecular formula is C8H14F3NO5S. The van der Waals surface area contributed by atoms with E-state index in [1.165, 1.54) is 0 Å². The summed E-state index contributed by atoms with van der Waals surface area (Å²) in [7, 11) is -4.11. The van der Waals surface area contributed by atoms with Crippen LogP contribution in [-0.4, -0.2) is 49.2 Å². The van der Waals surface area contributed by atoms with Gasteiger partial charge in [-0.1, -0.05) is 0 Å². The van der Waals surface area contributed by atoms with Crippen LogP contribution in [0.1, 0.15) is 19.3 Å². The standard InChI is InChI=1S/C8H14F3NO5S/c9-8(10,11)3-1-5-18(16,17)12-6(2-4-13)7(14)15/h6,12-13H,1-5H2,(H,14,15)/t6-/m1/s1. The molecule has 10 heteroatoms. The number of sulfonamides is 1. The number of aliphatic carboxylic acids is 1. The van der Waals surface area contributed by atoms with Gasteiger partial charge in [-0.15, -0.1) is 0 Å². The Hall–Kier alpha value is -0.870. The predicted molar refractivity (Wildman–Crippen MR) is 55.3 cm³/mol. The number of aliphatic hydroxyl groups excluding tert-OH is 1. The summed E-state index contributed by atoms with van der Waals surface area (Å²) < 4.78 is 59.7. The summed E-state index contributed by atoms with van der Waals surface area (Å²) in [5.74, 6) is -2.31. The molecule has 0 aromatic heterocycles. The third-order valence-corrected chi connectivity index (χ3v) is 3.38. The highest BCUT2D eigenvalue weighted by atomic mass is 32.2. The first-order valence-electron chi connectivity index (χ1n) is 4.98. The van der Waals surface area contributed by atoms with Crippen molar-refractivity contribution in [1.29, 1.82) is 0 Å². The summed E-state index contributed by atoms with van der Waals surface area (Å²) in [6, 6.07) is -1.54. The van der Waals surface area contributed by atoms with Crippen LogP contribution < -0.4 is 4.72 Å². The quantitative estimate of drug-likeness (QED) is 0.588. The second-order valence-electron chi connectivity index (χ2n) is 3.56. The lowest BCUT2D eigenvalue weighted by Gasteiger charge is -2.13. The van der Waals surface area contributed by atoms with Crippen molar-refractivity contribution in [3.8, 4) is 0 Å². The molecule has 108 valence electrons. The number of carboxylic acid groups (broad SMARTS) is 1. The molecule has 0 aromatic carbocycles. The maximum atomic E-state index is 11.8. The van der Waals surface area contributed by atoms with Crippen molar-refractivity contribution in [2.24, 2.45) is 0 Å².